The Morgan fingerprint density at radius 2 is 2.00 bits per heavy atom. The molecule has 0 bridgehead atoms. The first-order valence-electron chi connectivity index (χ1n) is 9.10. The fraction of sp³-hybridized carbons (Fsp3) is 0.263. The molecule has 1 fully saturated rings. The summed E-state index contributed by atoms with van der Waals surface area (Å²) in [6.45, 7) is 1.55. The van der Waals surface area contributed by atoms with Gasteiger partial charge in [0.2, 0.25) is 0 Å². The first kappa shape index (κ1) is 19.3. The Morgan fingerprint density at radius 3 is 2.69 bits per heavy atom. The molecule has 3 aromatic rings. The van der Waals surface area contributed by atoms with Gasteiger partial charge in [-0.3, -0.25) is 9.40 Å². The van der Waals surface area contributed by atoms with Crippen LogP contribution in [0.5, 0.6) is 0 Å². The second-order valence-electron chi connectivity index (χ2n) is 6.81. The number of pyridine rings is 1. The number of benzene rings is 1. The highest BCUT2D eigenvalue weighted by Gasteiger charge is 2.23. The zero-order chi connectivity index (χ0) is 20.4. The van der Waals surface area contributed by atoms with Gasteiger partial charge >= 0.3 is 0 Å². The lowest BCUT2D eigenvalue weighted by molar-refractivity contribution is 0.375. The monoisotopic (exact) mass is 419 g/mol. The van der Waals surface area contributed by atoms with Crippen molar-refractivity contribution in [3.8, 4) is 0 Å². The summed E-state index contributed by atoms with van der Waals surface area (Å²) in [5.41, 5.74) is -0.0638. The molecule has 1 aliphatic rings. The number of anilines is 2. The third kappa shape index (κ3) is 4.21. The van der Waals surface area contributed by atoms with Gasteiger partial charge in [0, 0.05) is 37.7 Å². The summed E-state index contributed by atoms with van der Waals surface area (Å²) in [7, 11) is -3.97. The summed E-state index contributed by atoms with van der Waals surface area (Å²) in [5.74, 6) is -1.50. The largest absolute Gasteiger partial charge is 0.354 e. The molecule has 3 heterocycles. The van der Waals surface area contributed by atoms with Crippen LogP contribution in [0.4, 0.5) is 20.3 Å². The molecular formula is C19H19F2N5O2S. The Balaban J connectivity index is 1.48. The van der Waals surface area contributed by atoms with Crippen molar-refractivity contribution in [2.45, 2.75) is 23.8 Å². The highest BCUT2D eigenvalue weighted by Crippen LogP contribution is 2.25. The van der Waals surface area contributed by atoms with Crippen molar-refractivity contribution < 1.29 is 17.2 Å². The summed E-state index contributed by atoms with van der Waals surface area (Å²) in [4.78, 5) is 6.33. The summed E-state index contributed by atoms with van der Waals surface area (Å²) in [6, 6.07) is 8.02. The van der Waals surface area contributed by atoms with Gasteiger partial charge in [0.1, 0.15) is 10.7 Å². The summed E-state index contributed by atoms with van der Waals surface area (Å²) < 4.78 is 55.5. The molecule has 0 saturated carbocycles. The van der Waals surface area contributed by atoms with E-state index in [1.54, 1.807) is 12.3 Å². The summed E-state index contributed by atoms with van der Waals surface area (Å²) in [6.07, 6.45) is 6.93. The second-order valence-corrected chi connectivity index (χ2v) is 8.50. The number of nitrogens with zero attached hydrogens (tertiary/aromatic N) is 4. The van der Waals surface area contributed by atoms with E-state index < -0.39 is 21.7 Å². The van der Waals surface area contributed by atoms with Crippen molar-refractivity contribution in [3.63, 3.8) is 0 Å². The van der Waals surface area contributed by atoms with Gasteiger partial charge < -0.3 is 4.90 Å². The molecule has 1 aromatic carbocycles. The standard InChI is InChI=1S/C19H19F2N5O2S/c20-17-6-4-14(11-18(17)21)24-29(27,28)16-5-7-19(22-12-16)25-9-1-3-15(13-25)26-10-2-8-23-26/h2,4-8,10-12,15,24H,1,3,9,13H2. The molecule has 0 spiro atoms. The van der Waals surface area contributed by atoms with E-state index in [-0.39, 0.29) is 16.6 Å². The average Bonchev–Trinajstić information content (AvgIpc) is 3.26. The number of hydrogen-bond acceptors (Lipinski definition) is 5. The van der Waals surface area contributed by atoms with Crippen LogP contribution in [0, 0.1) is 11.6 Å². The summed E-state index contributed by atoms with van der Waals surface area (Å²) >= 11 is 0. The highest BCUT2D eigenvalue weighted by atomic mass is 32.2. The van der Waals surface area contributed by atoms with Crippen LogP contribution in [0.3, 0.4) is 0 Å². The van der Waals surface area contributed by atoms with Crippen LogP contribution >= 0.6 is 0 Å². The maximum atomic E-state index is 13.3. The van der Waals surface area contributed by atoms with Gasteiger partial charge in [-0.1, -0.05) is 0 Å². The lowest BCUT2D eigenvalue weighted by Gasteiger charge is -2.33. The van der Waals surface area contributed by atoms with E-state index in [0.29, 0.717) is 5.82 Å². The maximum absolute atomic E-state index is 13.3. The first-order valence-corrected chi connectivity index (χ1v) is 10.6. The third-order valence-electron chi connectivity index (χ3n) is 4.82. The molecule has 1 saturated heterocycles. The van der Waals surface area contributed by atoms with Gasteiger partial charge in [-0.05, 0) is 43.2 Å². The van der Waals surface area contributed by atoms with Crippen molar-refractivity contribution in [1.29, 1.82) is 0 Å². The van der Waals surface area contributed by atoms with Crippen LogP contribution < -0.4 is 9.62 Å². The molecule has 1 aliphatic heterocycles. The predicted molar refractivity (Wildman–Crippen MR) is 104 cm³/mol. The van der Waals surface area contributed by atoms with E-state index in [9.17, 15) is 17.2 Å². The lowest BCUT2D eigenvalue weighted by Crippen LogP contribution is -2.37. The smallest absolute Gasteiger partial charge is 0.263 e. The van der Waals surface area contributed by atoms with Crippen LogP contribution in [0.25, 0.3) is 0 Å². The number of piperidine rings is 1. The predicted octanol–water partition coefficient (Wildman–Crippen LogP) is 3.20. The normalized spacial score (nSPS) is 17.3. The molecule has 10 heteroatoms. The van der Waals surface area contributed by atoms with Crippen molar-refractivity contribution in [2.24, 2.45) is 0 Å². The second kappa shape index (κ2) is 7.78. The van der Waals surface area contributed by atoms with Crippen molar-refractivity contribution >= 4 is 21.5 Å². The Labute approximate surface area is 167 Å². The van der Waals surface area contributed by atoms with Gasteiger partial charge in [-0.25, -0.2) is 22.2 Å². The summed E-state index contributed by atoms with van der Waals surface area (Å²) in [5, 5.41) is 4.30. The van der Waals surface area contributed by atoms with Crippen molar-refractivity contribution in [1.82, 2.24) is 14.8 Å². The van der Waals surface area contributed by atoms with Gasteiger partial charge in [0.25, 0.3) is 10.0 Å². The molecule has 0 radical (unpaired) electrons. The van der Waals surface area contributed by atoms with E-state index in [1.165, 1.54) is 12.3 Å². The van der Waals surface area contributed by atoms with Crippen LogP contribution in [-0.2, 0) is 10.0 Å². The molecule has 1 N–H and O–H groups in total. The van der Waals surface area contributed by atoms with Crippen LogP contribution in [0.1, 0.15) is 18.9 Å². The minimum absolute atomic E-state index is 0.0633. The molecule has 0 aliphatic carbocycles. The van der Waals surface area contributed by atoms with Gasteiger partial charge in [-0.15, -0.1) is 0 Å². The van der Waals surface area contributed by atoms with Gasteiger partial charge in [0.15, 0.2) is 11.6 Å². The van der Waals surface area contributed by atoms with Gasteiger partial charge in [-0.2, -0.15) is 5.10 Å². The minimum atomic E-state index is -3.97. The third-order valence-corrected chi connectivity index (χ3v) is 6.19. The average molecular weight is 419 g/mol. The number of sulfonamides is 1. The number of nitrogens with one attached hydrogen (secondary N) is 1. The minimum Gasteiger partial charge on any atom is -0.354 e. The van der Waals surface area contributed by atoms with E-state index in [4.69, 9.17) is 0 Å². The highest BCUT2D eigenvalue weighted by molar-refractivity contribution is 7.92. The number of rotatable bonds is 5. The Bertz CT molecular complexity index is 1090. The molecule has 29 heavy (non-hydrogen) atoms. The Hall–Kier alpha value is -3.01. The zero-order valence-electron chi connectivity index (χ0n) is 15.4. The topological polar surface area (TPSA) is 80.1 Å². The molecule has 2 aromatic heterocycles. The molecule has 4 rings (SSSR count). The lowest BCUT2D eigenvalue weighted by atomic mass is 10.1. The number of halogens is 2. The van der Waals surface area contributed by atoms with E-state index >= 15 is 0 Å². The quantitative estimate of drug-likeness (QED) is 0.687. The molecule has 1 atom stereocenters. The van der Waals surface area contributed by atoms with Crippen molar-refractivity contribution in [3.05, 3.63) is 66.6 Å². The van der Waals surface area contributed by atoms with Crippen LogP contribution in [-0.4, -0.2) is 36.3 Å². The number of aromatic nitrogens is 3. The Kier molecular flexibility index (Phi) is 5.18. The molecule has 7 nitrogen and oxygen atoms in total. The first-order chi connectivity index (χ1) is 13.9. The molecule has 0 amide bonds. The van der Waals surface area contributed by atoms with E-state index in [0.717, 1.165) is 44.1 Å². The Morgan fingerprint density at radius 1 is 1.14 bits per heavy atom. The number of hydrogen-bond donors (Lipinski definition) is 1. The maximum Gasteiger partial charge on any atom is 0.263 e. The van der Waals surface area contributed by atoms with Gasteiger partial charge in [0.05, 0.1) is 11.7 Å². The fourth-order valence-corrected chi connectivity index (χ4v) is 4.36. The zero-order valence-corrected chi connectivity index (χ0v) is 16.2. The molecular weight excluding hydrogens is 400 g/mol. The molecule has 1 unspecified atom stereocenters. The van der Waals surface area contributed by atoms with Crippen LogP contribution in [0.2, 0.25) is 0 Å². The van der Waals surface area contributed by atoms with E-state index in [1.807, 2.05) is 16.9 Å². The SMILES string of the molecule is O=S(=O)(Nc1ccc(F)c(F)c1)c1ccc(N2CCCC(n3cccn3)C2)nc1. The van der Waals surface area contributed by atoms with E-state index in [2.05, 4.69) is 19.7 Å². The van der Waals surface area contributed by atoms with Crippen molar-refractivity contribution in [2.75, 3.05) is 22.7 Å². The fourth-order valence-electron chi connectivity index (χ4n) is 3.37. The molecule has 152 valence electrons. The van der Waals surface area contributed by atoms with Crippen LogP contribution in [0.15, 0.2) is 59.9 Å².